The summed E-state index contributed by atoms with van der Waals surface area (Å²) in [4.78, 5) is 11.2. The lowest BCUT2D eigenvalue weighted by Crippen LogP contribution is -2.24. The lowest BCUT2D eigenvalue weighted by molar-refractivity contribution is -0.125. The van der Waals surface area contributed by atoms with Gasteiger partial charge in [0.15, 0.2) is 0 Å². The van der Waals surface area contributed by atoms with Crippen molar-refractivity contribution in [3.63, 3.8) is 0 Å². The van der Waals surface area contributed by atoms with Crippen molar-refractivity contribution in [1.82, 2.24) is 0 Å². The molecule has 1 aromatic carbocycles. The fraction of sp³-hybridized carbons (Fsp3) is 0.300. The standard InChI is InChI=1S/C10H8FIO/c11-8-3-1-2-7(10(8)12)6-4-5-9(6)13/h1-3,6H,4-5H2. The Bertz CT molecular complexity index is 362. The average Bonchev–Trinajstić information content (AvgIpc) is 2.10. The maximum atomic E-state index is 13.1. The molecule has 0 heterocycles. The molecule has 1 nitrogen and oxygen atoms in total. The van der Waals surface area contributed by atoms with E-state index >= 15 is 0 Å². The van der Waals surface area contributed by atoms with Crippen molar-refractivity contribution >= 4 is 28.4 Å². The summed E-state index contributed by atoms with van der Waals surface area (Å²) in [5.41, 5.74) is 0.858. The molecule has 0 aliphatic heterocycles. The summed E-state index contributed by atoms with van der Waals surface area (Å²) < 4.78 is 13.7. The molecule has 1 aliphatic rings. The first-order valence-electron chi connectivity index (χ1n) is 4.17. The monoisotopic (exact) mass is 290 g/mol. The molecule has 0 spiro atoms. The highest BCUT2D eigenvalue weighted by atomic mass is 127. The molecule has 1 aliphatic carbocycles. The van der Waals surface area contributed by atoms with Gasteiger partial charge >= 0.3 is 0 Å². The Morgan fingerprint density at radius 3 is 2.77 bits per heavy atom. The van der Waals surface area contributed by atoms with E-state index in [1.165, 1.54) is 6.07 Å². The van der Waals surface area contributed by atoms with Crippen molar-refractivity contribution in [2.45, 2.75) is 18.8 Å². The van der Waals surface area contributed by atoms with Crippen molar-refractivity contribution in [1.29, 1.82) is 0 Å². The van der Waals surface area contributed by atoms with E-state index in [1.807, 2.05) is 28.7 Å². The fourth-order valence-electron chi connectivity index (χ4n) is 1.53. The third kappa shape index (κ3) is 1.49. The predicted octanol–water partition coefficient (Wildman–Crippen LogP) is 2.88. The second-order valence-corrected chi connectivity index (χ2v) is 4.28. The first kappa shape index (κ1) is 9.12. The summed E-state index contributed by atoms with van der Waals surface area (Å²) in [7, 11) is 0. The average molecular weight is 290 g/mol. The van der Waals surface area contributed by atoms with Crippen LogP contribution in [0, 0.1) is 9.39 Å². The molecule has 2 rings (SSSR count). The van der Waals surface area contributed by atoms with E-state index in [-0.39, 0.29) is 17.5 Å². The zero-order valence-corrected chi connectivity index (χ0v) is 9.05. The maximum Gasteiger partial charge on any atom is 0.140 e. The molecule has 1 unspecified atom stereocenters. The number of Topliss-reactive ketones (excluding diaryl/α,β-unsaturated/α-hetero) is 1. The summed E-state index contributed by atoms with van der Waals surface area (Å²) in [6, 6.07) is 4.93. The van der Waals surface area contributed by atoms with Crippen LogP contribution in [0.2, 0.25) is 0 Å². The lowest BCUT2D eigenvalue weighted by atomic mass is 9.79. The molecule has 0 radical (unpaired) electrons. The van der Waals surface area contributed by atoms with Crippen molar-refractivity contribution in [3.05, 3.63) is 33.1 Å². The Labute approximate surface area is 89.5 Å². The van der Waals surface area contributed by atoms with Crippen LogP contribution >= 0.6 is 22.6 Å². The van der Waals surface area contributed by atoms with Crippen molar-refractivity contribution < 1.29 is 9.18 Å². The van der Waals surface area contributed by atoms with Gasteiger partial charge in [0, 0.05) is 12.3 Å². The van der Waals surface area contributed by atoms with Gasteiger partial charge in [0.05, 0.1) is 3.57 Å². The van der Waals surface area contributed by atoms with Gasteiger partial charge in [0.2, 0.25) is 0 Å². The van der Waals surface area contributed by atoms with E-state index in [9.17, 15) is 9.18 Å². The van der Waals surface area contributed by atoms with Gasteiger partial charge in [-0.3, -0.25) is 4.79 Å². The minimum absolute atomic E-state index is 0.0393. The molecule has 1 atom stereocenters. The first-order chi connectivity index (χ1) is 6.20. The van der Waals surface area contributed by atoms with Gasteiger partial charge in [0.25, 0.3) is 0 Å². The van der Waals surface area contributed by atoms with Gasteiger partial charge in [-0.15, -0.1) is 0 Å². The Morgan fingerprint density at radius 1 is 1.46 bits per heavy atom. The minimum atomic E-state index is -0.224. The zero-order chi connectivity index (χ0) is 9.42. The zero-order valence-electron chi connectivity index (χ0n) is 6.89. The highest BCUT2D eigenvalue weighted by Crippen LogP contribution is 2.35. The van der Waals surface area contributed by atoms with Crippen LogP contribution in [-0.4, -0.2) is 5.78 Å². The third-order valence-corrected chi connectivity index (χ3v) is 3.56. The van der Waals surface area contributed by atoms with Crippen LogP contribution in [0.3, 0.4) is 0 Å². The van der Waals surface area contributed by atoms with E-state index in [1.54, 1.807) is 6.07 Å². The largest absolute Gasteiger partial charge is 0.299 e. The number of carbonyl (C=O) groups is 1. The van der Waals surface area contributed by atoms with Crippen LogP contribution in [0.1, 0.15) is 24.3 Å². The number of hydrogen-bond acceptors (Lipinski definition) is 1. The van der Waals surface area contributed by atoms with Gasteiger partial charge in [-0.1, -0.05) is 12.1 Å². The van der Waals surface area contributed by atoms with Gasteiger partial charge in [0.1, 0.15) is 11.6 Å². The molecular formula is C10H8FIO. The topological polar surface area (TPSA) is 17.1 Å². The summed E-state index contributed by atoms with van der Waals surface area (Å²) in [5.74, 6) is -0.0242. The number of ketones is 1. The normalized spacial score (nSPS) is 21.4. The SMILES string of the molecule is O=C1CCC1c1cccc(F)c1I. The molecule has 0 bridgehead atoms. The number of rotatable bonds is 1. The lowest BCUT2D eigenvalue weighted by Gasteiger charge is -2.25. The van der Waals surface area contributed by atoms with Gasteiger partial charge < -0.3 is 0 Å². The van der Waals surface area contributed by atoms with E-state index in [4.69, 9.17) is 0 Å². The number of halogens is 2. The Morgan fingerprint density at radius 2 is 2.23 bits per heavy atom. The van der Waals surface area contributed by atoms with Gasteiger partial charge in [-0.05, 0) is 40.6 Å². The van der Waals surface area contributed by atoms with Gasteiger partial charge in [-0.25, -0.2) is 4.39 Å². The number of hydrogen-bond donors (Lipinski definition) is 0. The van der Waals surface area contributed by atoms with Crippen LogP contribution in [0.25, 0.3) is 0 Å². The highest BCUT2D eigenvalue weighted by Gasteiger charge is 2.31. The molecule has 1 aromatic rings. The molecule has 0 saturated heterocycles. The molecule has 3 heteroatoms. The molecule has 0 N–H and O–H groups in total. The Kier molecular flexibility index (Phi) is 2.36. The minimum Gasteiger partial charge on any atom is -0.299 e. The van der Waals surface area contributed by atoms with Crippen LogP contribution in [0.15, 0.2) is 18.2 Å². The maximum absolute atomic E-state index is 13.1. The molecule has 0 amide bonds. The third-order valence-electron chi connectivity index (χ3n) is 2.42. The summed E-state index contributed by atoms with van der Waals surface area (Å²) in [6.45, 7) is 0. The van der Waals surface area contributed by atoms with E-state index in [0.29, 0.717) is 9.99 Å². The van der Waals surface area contributed by atoms with Gasteiger partial charge in [-0.2, -0.15) is 0 Å². The summed E-state index contributed by atoms with van der Waals surface area (Å²) in [6.07, 6.45) is 1.52. The molecule has 0 aromatic heterocycles. The smallest absolute Gasteiger partial charge is 0.140 e. The molecule has 1 fully saturated rings. The quantitative estimate of drug-likeness (QED) is 0.727. The van der Waals surface area contributed by atoms with E-state index in [0.717, 1.165) is 12.0 Å². The van der Waals surface area contributed by atoms with Crippen LogP contribution in [0.5, 0.6) is 0 Å². The molecule has 13 heavy (non-hydrogen) atoms. The van der Waals surface area contributed by atoms with Crippen LogP contribution < -0.4 is 0 Å². The van der Waals surface area contributed by atoms with Crippen molar-refractivity contribution in [3.8, 4) is 0 Å². The van der Waals surface area contributed by atoms with Crippen LogP contribution in [0.4, 0.5) is 4.39 Å². The molecule has 1 saturated carbocycles. The van der Waals surface area contributed by atoms with Crippen LogP contribution in [-0.2, 0) is 4.79 Å². The Balaban J connectivity index is 2.40. The summed E-state index contributed by atoms with van der Waals surface area (Å²) in [5, 5.41) is 0. The van der Waals surface area contributed by atoms with Crippen molar-refractivity contribution in [2.75, 3.05) is 0 Å². The summed E-state index contributed by atoms with van der Waals surface area (Å²) >= 11 is 1.96. The number of benzene rings is 1. The highest BCUT2D eigenvalue weighted by molar-refractivity contribution is 14.1. The van der Waals surface area contributed by atoms with Crippen molar-refractivity contribution in [2.24, 2.45) is 0 Å². The molecule has 68 valence electrons. The number of carbonyl (C=O) groups excluding carboxylic acids is 1. The van der Waals surface area contributed by atoms with E-state index < -0.39 is 0 Å². The predicted molar refractivity (Wildman–Crippen MR) is 56.1 cm³/mol. The van der Waals surface area contributed by atoms with E-state index in [2.05, 4.69) is 0 Å². The fourth-order valence-corrected chi connectivity index (χ4v) is 2.26. The second kappa shape index (κ2) is 3.36. The second-order valence-electron chi connectivity index (χ2n) is 3.20. The molecular weight excluding hydrogens is 282 g/mol. The Hall–Kier alpha value is -0.450. The first-order valence-corrected chi connectivity index (χ1v) is 5.24.